The Labute approximate surface area is 93.5 Å². The fraction of sp³-hybridized carbons (Fsp3) is 1.00. The molecule has 0 aromatic rings. The van der Waals surface area contributed by atoms with Crippen molar-refractivity contribution in [1.29, 1.82) is 0 Å². The maximum atomic E-state index is 5.93. The largest absolute Gasteiger partial charge is 0.376 e. The van der Waals surface area contributed by atoms with Crippen LogP contribution >= 0.6 is 0 Å². The molecule has 3 nitrogen and oxygen atoms in total. The number of ether oxygens (including phenoxy) is 2. The van der Waals surface area contributed by atoms with Gasteiger partial charge in [0.25, 0.3) is 0 Å². The third-order valence-electron chi connectivity index (χ3n) is 3.09. The smallest absolute Gasteiger partial charge is 0.0625 e. The fourth-order valence-corrected chi connectivity index (χ4v) is 2.14. The highest BCUT2D eigenvalue weighted by Gasteiger charge is 2.25. The number of nitrogens with one attached hydrogen (secondary N) is 1. The van der Waals surface area contributed by atoms with E-state index in [4.69, 9.17) is 9.47 Å². The van der Waals surface area contributed by atoms with Gasteiger partial charge in [0.2, 0.25) is 0 Å². The molecule has 0 aromatic carbocycles. The average Bonchev–Trinajstić information content (AvgIpc) is 2.18. The summed E-state index contributed by atoms with van der Waals surface area (Å²) in [6.45, 7) is 7.25. The predicted molar refractivity (Wildman–Crippen MR) is 62.1 cm³/mol. The van der Waals surface area contributed by atoms with E-state index in [0.717, 1.165) is 25.9 Å². The molecule has 3 unspecified atom stereocenters. The van der Waals surface area contributed by atoms with Crippen molar-refractivity contribution < 1.29 is 9.47 Å². The van der Waals surface area contributed by atoms with Crippen LogP contribution in [0.5, 0.6) is 0 Å². The average molecular weight is 215 g/mol. The fourth-order valence-electron chi connectivity index (χ4n) is 2.14. The Kier molecular flexibility index (Phi) is 5.58. The molecule has 1 heterocycles. The van der Waals surface area contributed by atoms with E-state index in [1.54, 1.807) is 0 Å². The zero-order chi connectivity index (χ0) is 11.3. The molecule has 15 heavy (non-hydrogen) atoms. The van der Waals surface area contributed by atoms with Gasteiger partial charge in [-0.2, -0.15) is 0 Å². The van der Waals surface area contributed by atoms with Crippen LogP contribution in [0, 0.1) is 0 Å². The van der Waals surface area contributed by atoms with Gasteiger partial charge in [0.05, 0.1) is 24.9 Å². The first-order chi connectivity index (χ1) is 7.15. The molecule has 0 saturated carbocycles. The quantitative estimate of drug-likeness (QED) is 0.760. The summed E-state index contributed by atoms with van der Waals surface area (Å²) in [4.78, 5) is 0. The minimum atomic E-state index is 0.341. The predicted octanol–water partition coefficient (Wildman–Crippen LogP) is 1.96. The third kappa shape index (κ3) is 4.49. The number of rotatable bonds is 5. The molecule has 0 aromatic heterocycles. The molecule has 1 aliphatic heterocycles. The normalized spacial score (nSPS) is 34.0. The Morgan fingerprint density at radius 1 is 1.33 bits per heavy atom. The molecule has 3 heteroatoms. The van der Waals surface area contributed by atoms with Gasteiger partial charge in [0, 0.05) is 6.04 Å². The van der Waals surface area contributed by atoms with Crippen LogP contribution in [-0.2, 0) is 9.47 Å². The molecule has 0 bridgehead atoms. The standard InChI is InChI=1S/C12H25NO2/c1-5-11(13-4)8-14-12-6-9(2)15-10(3)7-12/h9-13H,5-8H2,1-4H3. The molecule has 0 spiro atoms. The van der Waals surface area contributed by atoms with Crippen LogP contribution in [0.3, 0.4) is 0 Å². The van der Waals surface area contributed by atoms with Gasteiger partial charge in [-0.25, -0.2) is 0 Å². The Morgan fingerprint density at radius 3 is 2.40 bits per heavy atom. The molecule has 1 saturated heterocycles. The van der Waals surface area contributed by atoms with E-state index in [-0.39, 0.29) is 0 Å². The van der Waals surface area contributed by atoms with Crippen molar-refractivity contribution in [3.05, 3.63) is 0 Å². The lowest BCUT2D eigenvalue weighted by atomic mass is 10.0. The first-order valence-electron chi connectivity index (χ1n) is 6.10. The zero-order valence-electron chi connectivity index (χ0n) is 10.5. The lowest BCUT2D eigenvalue weighted by Gasteiger charge is -2.32. The molecule has 1 fully saturated rings. The first kappa shape index (κ1) is 12.9. The SMILES string of the molecule is CCC(COC1CC(C)OC(C)C1)NC. The van der Waals surface area contributed by atoms with E-state index in [0.29, 0.717) is 24.4 Å². The maximum absolute atomic E-state index is 5.93. The lowest BCUT2D eigenvalue weighted by molar-refractivity contribution is -0.104. The third-order valence-corrected chi connectivity index (χ3v) is 3.09. The van der Waals surface area contributed by atoms with Crippen molar-refractivity contribution in [1.82, 2.24) is 5.32 Å². The van der Waals surface area contributed by atoms with Crippen LogP contribution in [0.1, 0.15) is 40.0 Å². The second-order valence-electron chi connectivity index (χ2n) is 4.58. The second-order valence-corrected chi connectivity index (χ2v) is 4.58. The highest BCUT2D eigenvalue weighted by atomic mass is 16.5. The minimum absolute atomic E-state index is 0.341. The summed E-state index contributed by atoms with van der Waals surface area (Å²) in [5.41, 5.74) is 0. The van der Waals surface area contributed by atoms with E-state index in [1.807, 2.05) is 7.05 Å². The molecular weight excluding hydrogens is 190 g/mol. The van der Waals surface area contributed by atoms with Crippen LogP contribution < -0.4 is 5.32 Å². The van der Waals surface area contributed by atoms with Crippen molar-refractivity contribution in [3.8, 4) is 0 Å². The van der Waals surface area contributed by atoms with Gasteiger partial charge in [-0.15, -0.1) is 0 Å². The monoisotopic (exact) mass is 215 g/mol. The van der Waals surface area contributed by atoms with Gasteiger partial charge in [-0.05, 0) is 40.2 Å². The molecule has 1 N–H and O–H groups in total. The van der Waals surface area contributed by atoms with Crippen LogP contribution in [0.4, 0.5) is 0 Å². The lowest BCUT2D eigenvalue weighted by Crippen LogP contribution is -2.37. The van der Waals surface area contributed by atoms with Crippen LogP contribution in [-0.4, -0.2) is 38.0 Å². The first-order valence-corrected chi connectivity index (χ1v) is 6.10. The maximum Gasteiger partial charge on any atom is 0.0625 e. The molecule has 0 aliphatic carbocycles. The van der Waals surface area contributed by atoms with Crippen molar-refractivity contribution in [2.24, 2.45) is 0 Å². The Balaban J connectivity index is 2.25. The van der Waals surface area contributed by atoms with Gasteiger partial charge < -0.3 is 14.8 Å². The van der Waals surface area contributed by atoms with E-state index in [9.17, 15) is 0 Å². The van der Waals surface area contributed by atoms with E-state index in [2.05, 4.69) is 26.1 Å². The van der Waals surface area contributed by atoms with Crippen LogP contribution in [0.25, 0.3) is 0 Å². The van der Waals surface area contributed by atoms with Gasteiger partial charge in [0.1, 0.15) is 0 Å². The number of hydrogen-bond donors (Lipinski definition) is 1. The van der Waals surface area contributed by atoms with Crippen molar-refractivity contribution in [3.63, 3.8) is 0 Å². The van der Waals surface area contributed by atoms with Crippen LogP contribution in [0.2, 0.25) is 0 Å². The molecule has 1 rings (SSSR count). The number of hydrogen-bond acceptors (Lipinski definition) is 3. The number of likely N-dealkylation sites (N-methyl/N-ethyl adjacent to an activating group) is 1. The molecule has 0 amide bonds. The summed E-state index contributed by atoms with van der Waals surface area (Å²) in [6, 6.07) is 0.485. The summed E-state index contributed by atoms with van der Waals surface area (Å²) in [7, 11) is 1.99. The molecule has 3 atom stereocenters. The Hall–Kier alpha value is -0.120. The van der Waals surface area contributed by atoms with E-state index < -0.39 is 0 Å². The van der Waals surface area contributed by atoms with Crippen LogP contribution in [0.15, 0.2) is 0 Å². The molecule has 1 aliphatic rings. The Morgan fingerprint density at radius 2 is 1.93 bits per heavy atom. The van der Waals surface area contributed by atoms with Crippen molar-refractivity contribution >= 4 is 0 Å². The molecule has 0 radical (unpaired) electrons. The summed E-state index contributed by atoms with van der Waals surface area (Å²) in [6.07, 6.45) is 4.24. The minimum Gasteiger partial charge on any atom is -0.376 e. The van der Waals surface area contributed by atoms with E-state index >= 15 is 0 Å². The summed E-state index contributed by atoms with van der Waals surface area (Å²) < 4.78 is 11.6. The topological polar surface area (TPSA) is 30.5 Å². The second kappa shape index (κ2) is 6.46. The summed E-state index contributed by atoms with van der Waals surface area (Å²) in [5, 5.41) is 3.26. The summed E-state index contributed by atoms with van der Waals surface area (Å²) >= 11 is 0. The van der Waals surface area contributed by atoms with E-state index in [1.165, 1.54) is 0 Å². The van der Waals surface area contributed by atoms with Gasteiger partial charge in [-0.1, -0.05) is 6.92 Å². The Bertz CT molecular complexity index is 161. The van der Waals surface area contributed by atoms with Gasteiger partial charge >= 0.3 is 0 Å². The van der Waals surface area contributed by atoms with Gasteiger partial charge in [-0.3, -0.25) is 0 Å². The summed E-state index contributed by atoms with van der Waals surface area (Å²) in [5.74, 6) is 0. The molecule has 90 valence electrons. The molecular formula is C12H25NO2. The van der Waals surface area contributed by atoms with Crippen molar-refractivity contribution in [2.75, 3.05) is 13.7 Å². The van der Waals surface area contributed by atoms with Gasteiger partial charge in [0.15, 0.2) is 0 Å². The van der Waals surface area contributed by atoms with Crippen molar-refractivity contribution in [2.45, 2.75) is 64.4 Å². The highest BCUT2D eigenvalue weighted by molar-refractivity contribution is 4.74. The zero-order valence-corrected chi connectivity index (χ0v) is 10.5. The highest BCUT2D eigenvalue weighted by Crippen LogP contribution is 2.21.